The first-order chi connectivity index (χ1) is 12.1. The third-order valence-corrected chi connectivity index (χ3v) is 4.94. The normalized spacial score (nSPS) is 17.3. The van der Waals surface area contributed by atoms with Crippen LogP contribution in [0.1, 0.15) is 44.1 Å². The van der Waals surface area contributed by atoms with E-state index in [4.69, 9.17) is 6.42 Å². The Labute approximate surface area is 149 Å². The van der Waals surface area contributed by atoms with E-state index in [0.717, 1.165) is 31.1 Å². The number of anilines is 1. The Morgan fingerprint density at radius 3 is 2.88 bits per heavy atom. The van der Waals surface area contributed by atoms with Crippen molar-refractivity contribution in [3.8, 4) is 12.3 Å². The Bertz CT molecular complexity index is 681. The van der Waals surface area contributed by atoms with E-state index < -0.39 is 0 Å². The molecule has 1 heterocycles. The third kappa shape index (κ3) is 5.40. The number of nitrogens with zero attached hydrogens (tertiary/aromatic N) is 3. The summed E-state index contributed by atoms with van der Waals surface area (Å²) in [6.07, 6.45) is 11.4. The predicted octanol–water partition coefficient (Wildman–Crippen LogP) is 3.62. The van der Waals surface area contributed by atoms with Gasteiger partial charge in [-0.1, -0.05) is 12.1 Å². The number of carbonyl (C=O) groups is 1. The molecular formula is C20H26N4O. The summed E-state index contributed by atoms with van der Waals surface area (Å²) < 4.78 is 0. The van der Waals surface area contributed by atoms with Crippen LogP contribution < -0.4 is 5.32 Å². The van der Waals surface area contributed by atoms with Gasteiger partial charge in [-0.15, -0.1) is 12.3 Å². The van der Waals surface area contributed by atoms with E-state index >= 15 is 0 Å². The number of likely N-dealkylation sites (N-methyl/N-ethyl adjacent to an activating group) is 1. The average Bonchev–Trinajstić information content (AvgIpc) is 3.52. The van der Waals surface area contributed by atoms with E-state index in [-0.39, 0.29) is 11.6 Å². The molecule has 5 nitrogen and oxygen atoms in total. The molecular weight excluding hydrogens is 312 g/mol. The molecule has 2 aliphatic rings. The van der Waals surface area contributed by atoms with Crippen LogP contribution in [0.25, 0.3) is 0 Å². The molecule has 0 radical (unpaired) electrons. The Hall–Kier alpha value is -2.19. The van der Waals surface area contributed by atoms with Gasteiger partial charge < -0.3 is 10.2 Å². The SMILES string of the molecule is C#CCCC1(CCC(=O)Nc2cccc(CCN(C)C3CC3)c2)N=N1. The van der Waals surface area contributed by atoms with Crippen LogP contribution in [0.2, 0.25) is 0 Å². The molecule has 1 aromatic rings. The van der Waals surface area contributed by atoms with Crippen molar-refractivity contribution in [3.63, 3.8) is 0 Å². The van der Waals surface area contributed by atoms with E-state index in [1.54, 1.807) is 0 Å². The molecule has 1 saturated carbocycles. The van der Waals surface area contributed by atoms with E-state index in [1.165, 1.54) is 18.4 Å². The van der Waals surface area contributed by atoms with Crippen LogP contribution >= 0.6 is 0 Å². The smallest absolute Gasteiger partial charge is 0.224 e. The fraction of sp³-hybridized carbons (Fsp3) is 0.550. The molecule has 1 amide bonds. The maximum atomic E-state index is 12.2. The van der Waals surface area contributed by atoms with Crippen molar-refractivity contribution < 1.29 is 4.79 Å². The van der Waals surface area contributed by atoms with Crippen molar-refractivity contribution in [2.45, 2.75) is 56.7 Å². The summed E-state index contributed by atoms with van der Waals surface area (Å²) in [6.45, 7) is 1.06. The lowest BCUT2D eigenvalue weighted by molar-refractivity contribution is -0.116. The first kappa shape index (κ1) is 17.6. The van der Waals surface area contributed by atoms with Gasteiger partial charge in [0.25, 0.3) is 0 Å². The first-order valence-electron chi connectivity index (χ1n) is 9.07. The molecule has 0 saturated heterocycles. The molecule has 3 rings (SSSR count). The average molecular weight is 338 g/mol. The molecule has 0 bridgehead atoms. The van der Waals surface area contributed by atoms with Gasteiger partial charge in [-0.25, -0.2) is 0 Å². The Kier molecular flexibility index (Phi) is 5.50. The van der Waals surface area contributed by atoms with Gasteiger partial charge in [-0.2, -0.15) is 10.2 Å². The summed E-state index contributed by atoms with van der Waals surface area (Å²) in [7, 11) is 2.19. The number of nitrogens with one attached hydrogen (secondary N) is 1. The summed E-state index contributed by atoms with van der Waals surface area (Å²) in [4.78, 5) is 14.6. The fourth-order valence-corrected chi connectivity index (χ4v) is 3.01. The zero-order chi connectivity index (χ0) is 17.7. The number of rotatable bonds is 10. The topological polar surface area (TPSA) is 57.1 Å². The molecule has 1 aliphatic heterocycles. The van der Waals surface area contributed by atoms with Crippen molar-refractivity contribution in [2.75, 3.05) is 18.9 Å². The number of amides is 1. The zero-order valence-corrected chi connectivity index (χ0v) is 14.9. The van der Waals surface area contributed by atoms with Crippen LogP contribution in [0.3, 0.4) is 0 Å². The van der Waals surface area contributed by atoms with Gasteiger partial charge in [0, 0.05) is 44.0 Å². The zero-order valence-electron chi connectivity index (χ0n) is 14.9. The Morgan fingerprint density at radius 1 is 1.40 bits per heavy atom. The lowest BCUT2D eigenvalue weighted by Crippen LogP contribution is -2.23. The predicted molar refractivity (Wildman–Crippen MR) is 99.3 cm³/mol. The summed E-state index contributed by atoms with van der Waals surface area (Å²) in [6, 6.07) is 8.91. The molecule has 5 heteroatoms. The molecule has 0 aromatic heterocycles. The van der Waals surface area contributed by atoms with Gasteiger partial charge in [0.2, 0.25) is 5.91 Å². The van der Waals surface area contributed by atoms with Crippen LogP contribution in [-0.2, 0) is 11.2 Å². The molecule has 1 aliphatic carbocycles. The van der Waals surface area contributed by atoms with Crippen molar-refractivity contribution >= 4 is 11.6 Å². The largest absolute Gasteiger partial charge is 0.326 e. The Morgan fingerprint density at radius 2 is 2.20 bits per heavy atom. The minimum atomic E-state index is -0.390. The number of hydrogen-bond acceptors (Lipinski definition) is 4. The third-order valence-electron chi connectivity index (χ3n) is 4.94. The van der Waals surface area contributed by atoms with Crippen molar-refractivity contribution in [1.82, 2.24) is 4.90 Å². The second-order valence-corrected chi connectivity index (χ2v) is 7.10. The van der Waals surface area contributed by atoms with Gasteiger partial charge >= 0.3 is 0 Å². The maximum absolute atomic E-state index is 12.2. The second-order valence-electron chi connectivity index (χ2n) is 7.10. The van der Waals surface area contributed by atoms with Crippen molar-refractivity contribution in [1.29, 1.82) is 0 Å². The molecule has 1 N–H and O–H groups in total. The van der Waals surface area contributed by atoms with Gasteiger partial charge in [-0.05, 0) is 44.0 Å². The van der Waals surface area contributed by atoms with Gasteiger partial charge in [0.05, 0.1) is 0 Å². The summed E-state index contributed by atoms with van der Waals surface area (Å²) in [5.41, 5.74) is 1.72. The van der Waals surface area contributed by atoms with Crippen LogP contribution in [-0.4, -0.2) is 36.1 Å². The number of terminal acetylenes is 1. The molecule has 1 fully saturated rings. The van der Waals surface area contributed by atoms with Crippen molar-refractivity contribution in [2.24, 2.45) is 10.2 Å². The maximum Gasteiger partial charge on any atom is 0.224 e. The molecule has 0 atom stereocenters. The molecule has 132 valence electrons. The Balaban J connectivity index is 1.43. The van der Waals surface area contributed by atoms with Crippen molar-refractivity contribution in [3.05, 3.63) is 29.8 Å². The number of carbonyl (C=O) groups excluding carboxylic acids is 1. The van der Waals surface area contributed by atoms with Crippen LogP contribution in [0.5, 0.6) is 0 Å². The highest BCUT2D eigenvalue weighted by molar-refractivity contribution is 5.90. The quantitative estimate of drug-likeness (QED) is 0.663. The van der Waals surface area contributed by atoms with Crippen LogP contribution in [0, 0.1) is 12.3 Å². The van der Waals surface area contributed by atoms with E-state index in [1.807, 2.05) is 12.1 Å². The van der Waals surface area contributed by atoms with Gasteiger partial charge in [0.15, 0.2) is 5.66 Å². The van der Waals surface area contributed by atoms with Gasteiger partial charge in [0.1, 0.15) is 0 Å². The minimum Gasteiger partial charge on any atom is -0.326 e. The fourth-order valence-electron chi connectivity index (χ4n) is 3.01. The summed E-state index contributed by atoms with van der Waals surface area (Å²) in [5.74, 6) is 2.61. The van der Waals surface area contributed by atoms with E-state index in [9.17, 15) is 4.79 Å². The monoisotopic (exact) mass is 338 g/mol. The van der Waals surface area contributed by atoms with Crippen LogP contribution in [0.15, 0.2) is 34.5 Å². The molecule has 1 aromatic carbocycles. The number of hydrogen-bond donors (Lipinski definition) is 1. The lowest BCUT2D eigenvalue weighted by Gasteiger charge is -2.15. The molecule has 25 heavy (non-hydrogen) atoms. The lowest BCUT2D eigenvalue weighted by atomic mass is 10.0. The minimum absolute atomic E-state index is 0.00429. The highest BCUT2D eigenvalue weighted by Gasteiger charge is 2.39. The highest BCUT2D eigenvalue weighted by Crippen LogP contribution is 2.37. The number of benzene rings is 1. The van der Waals surface area contributed by atoms with Crippen LogP contribution in [0.4, 0.5) is 5.69 Å². The first-order valence-corrected chi connectivity index (χ1v) is 9.07. The molecule has 0 spiro atoms. The highest BCUT2D eigenvalue weighted by atomic mass is 16.1. The summed E-state index contributed by atoms with van der Waals surface area (Å²) >= 11 is 0. The standard InChI is InChI=1S/C20H26N4O/c1-3-4-12-20(22-23-20)13-10-19(25)21-17-7-5-6-16(15-17)11-14-24(2)18-8-9-18/h1,5-7,15,18H,4,8-14H2,2H3,(H,21,25). The van der Waals surface area contributed by atoms with E-state index in [0.29, 0.717) is 19.3 Å². The van der Waals surface area contributed by atoms with Gasteiger partial charge in [-0.3, -0.25) is 4.79 Å². The van der Waals surface area contributed by atoms with E-state index in [2.05, 4.69) is 45.5 Å². The molecule has 0 unspecified atom stereocenters. The summed E-state index contributed by atoms with van der Waals surface area (Å²) in [5, 5.41) is 11.1. The second kappa shape index (κ2) is 7.79.